The largest absolute Gasteiger partial charge is 0.494 e. The first-order chi connectivity index (χ1) is 11.9. The number of rotatable bonds is 9. The zero-order chi connectivity index (χ0) is 16.6. The van der Waals surface area contributed by atoms with Crippen LogP contribution >= 0.6 is 0 Å². The smallest absolute Gasteiger partial charge is 0.143 e. The van der Waals surface area contributed by atoms with Crippen LogP contribution in [0.2, 0.25) is 0 Å². The van der Waals surface area contributed by atoms with Gasteiger partial charge >= 0.3 is 0 Å². The normalized spacial score (nSPS) is 10.9. The van der Waals surface area contributed by atoms with Crippen LogP contribution in [0.25, 0.3) is 11.0 Å². The van der Waals surface area contributed by atoms with E-state index >= 15 is 0 Å². The number of nitrogens with zero attached hydrogens (tertiary/aromatic N) is 2. The SMILES string of the molecule is OCCCCCCOc1ccc(Nc2ncnc3[nH]ccc23)cc1. The lowest BCUT2D eigenvalue weighted by atomic mass is 10.2. The monoisotopic (exact) mass is 326 g/mol. The molecule has 3 rings (SSSR count). The van der Waals surface area contributed by atoms with Crippen molar-refractivity contribution in [1.82, 2.24) is 15.0 Å². The van der Waals surface area contributed by atoms with E-state index in [0.29, 0.717) is 6.61 Å². The third-order valence-corrected chi connectivity index (χ3v) is 3.79. The Morgan fingerprint density at radius 3 is 2.67 bits per heavy atom. The second-order valence-electron chi connectivity index (χ2n) is 5.60. The standard InChI is InChI=1S/C18H22N4O2/c23-11-3-1-2-4-12-24-15-7-5-14(6-8-15)22-18-16-9-10-19-17(16)20-13-21-18/h5-10,13,23H,1-4,11-12H2,(H2,19,20,21,22). The van der Waals surface area contributed by atoms with Crippen LogP contribution in [0.15, 0.2) is 42.9 Å². The average Bonchev–Trinajstić information content (AvgIpc) is 3.09. The van der Waals surface area contributed by atoms with Crippen LogP contribution in [-0.4, -0.2) is 33.3 Å². The topological polar surface area (TPSA) is 83.1 Å². The number of anilines is 2. The van der Waals surface area contributed by atoms with Crippen LogP contribution in [0.4, 0.5) is 11.5 Å². The number of ether oxygens (including phenoxy) is 1. The minimum Gasteiger partial charge on any atom is -0.494 e. The number of aliphatic hydroxyl groups excluding tert-OH is 1. The molecule has 0 atom stereocenters. The maximum atomic E-state index is 8.73. The van der Waals surface area contributed by atoms with Crippen molar-refractivity contribution in [3.8, 4) is 5.75 Å². The summed E-state index contributed by atoms with van der Waals surface area (Å²) in [4.78, 5) is 11.5. The minimum absolute atomic E-state index is 0.275. The predicted molar refractivity (Wildman–Crippen MR) is 94.7 cm³/mol. The molecule has 6 nitrogen and oxygen atoms in total. The second kappa shape index (κ2) is 8.31. The van der Waals surface area contributed by atoms with Gasteiger partial charge in [0.05, 0.1) is 12.0 Å². The first-order valence-electron chi connectivity index (χ1n) is 8.25. The quantitative estimate of drug-likeness (QED) is 0.523. The van der Waals surface area contributed by atoms with Crippen LogP contribution in [0.5, 0.6) is 5.75 Å². The van der Waals surface area contributed by atoms with Crippen LogP contribution in [0, 0.1) is 0 Å². The number of H-pyrrole nitrogens is 1. The maximum Gasteiger partial charge on any atom is 0.143 e. The summed E-state index contributed by atoms with van der Waals surface area (Å²) in [5.74, 6) is 1.64. The van der Waals surface area contributed by atoms with Gasteiger partial charge in [-0.15, -0.1) is 0 Å². The summed E-state index contributed by atoms with van der Waals surface area (Å²) < 4.78 is 5.73. The Morgan fingerprint density at radius 1 is 1.00 bits per heavy atom. The van der Waals surface area contributed by atoms with Crippen LogP contribution in [0.3, 0.4) is 0 Å². The molecule has 3 N–H and O–H groups in total. The lowest BCUT2D eigenvalue weighted by Crippen LogP contribution is -1.98. The molecule has 126 valence electrons. The molecule has 0 aliphatic heterocycles. The van der Waals surface area contributed by atoms with Gasteiger partial charge in [0.25, 0.3) is 0 Å². The third kappa shape index (κ3) is 4.23. The first-order valence-corrected chi connectivity index (χ1v) is 8.25. The summed E-state index contributed by atoms with van der Waals surface area (Å²) in [6.07, 6.45) is 7.40. The van der Waals surface area contributed by atoms with E-state index in [0.717, 1.165) is 54.0 Å². The van der Waals surface area contributed by atoms with Crippen molar-refractivity contribution in [2.24, 2.45) is 0 Å². The van der Waals surface area contributed by atoms with Gasteiger partial charge in [-0.3, -0.25) is 0 Å². The molecule has 2 aromatic heterocycles. The van der Waals surface area contributed by atoms with E-state index in [1.807, 2.05) is 36.5 Å². The fourth-order valence-corrected chi connectivity index (χ4v) is 2.50. The highest BCUT2D eigenvalue weighted by molar-refractivity contribution is 5.88. The molecule has 0 spiro atoms. The molecule has 0 unspecified atom stereocenters. The number of fused-ring (bicyclic) bond motifs is 1. The number of aliphatic hydroxyl groups is 1. The minimum atomic E-state index is 0.275. The molecule has 1 aromatic carbocycles. The number of hydrogen-bond acceptors (Lipinski definition) is 5. The van der Waals surface area contributed by atoms with Crippen molar-refractivity contribution in [3.63, 3.8) is 0 Å². The molecule has 0 saturated carbocycles. The summed E-state index contributed by atoms with van der Waals surface area (Å²) in [7, 11) is 0. The van der Waals surface area contributed by atoms with Gasteiger partial charge in [0.15, 0.2) is 0 Å². The van der Waals surface area contributed by atoms with Gasteiger partial charge in [-0.1, -0.05) is 6.42 Å². The Labute approximate surface area is 140 Å². The molecule has 0 bridgehead atoms. The Kier molecular flexibility index (Phi) is 5.63. The Hall–Kier alpha value is -2.60. The second-order valence-corrected chi connectivity index (χ2v) is 5.60. The summed E-state index contributed by atoms with van der Waals surface area (Å²) >= 11 is 0. The Balaban J connectivity index is 1.52. The van der Waals surface area contributed by atoms with E-state index in [1.165, 1.54) is 6.33 Å². The number of benzene rings is 1. The molecule has 6 heteroatoms. The molecular formula is C18H22N4O2. The molecule has 0 amide bonds. The van der Waals surface area contributed by atoms with E-state index in [9.17, 15) is 0 Å². The van der Waals surface area contributed by atoms with Crippen molar-refractivity contribution in [3.05, 3.63) is 42.9 Å². The number of unbranched alkanes of at least 4 members (excludes halogenated alkanes) is 3. The molecule has 0 aliphatic rings. The molecule has 0 saturated heterocycles. The van der Waals surface area contributed by atoms with Crippen LogP contribution in [-0.2, 0) is 0 Å². The van der Waals surface area contributed by atoms with Crippen molar-refractivity contribution in [2.75, 3.05) is 18.5 Å². The number of aromatic amines is 1. The van der Waals surface area contributed by atoms with Gasteiger partial charge in [0.2, 0.25) is 0 Å². The maximum absolute atomic E-state index is 8.73. The fraction of sp³-hybridized carbons (Fsp3) is 0.333. The third-order valence-electron chi connectivity index (χ3n) is 3.79. The zero-order valence-electron chi connectivity index (χ0n) is 13.5. The van der Waals surface area contributed by atoms with Gasteiger partial charge in [-0.2, -0.15) is 0 Å². The van der Waals surface area contributed by atoms with Gasteiger partial charge < -0.3 is 20.1 Å². The summed E-state index contributed by atoms with van der Waals surface area (Å²) in [6, 6.07) is 9.80. The van der Waals surface area contributed by atoms with Gasteiger partial charge in [-0.05, 0) is 49.6 Å². The highest BCUT2D eigenvalue weighted by Gasteiger charge is 2.04. The van der Waals surface area contributed by atoms with E-state index in [2.05, 4.69) is 20.3 Å². The van der Waals surface area contributed by atoms with Crippen molar-refractivity contribution in [1.29, 1.82) is 0 Å². The van der Waals surface area contributed by atoms with Crippen LogP contribution in [0.1, 0.15) is 25.7 Å². The molecule has 0 fully saturated rings. The number of nitrogens with one attached hydrogen (secondary N) is 2. The molecule has 0 radical (unpaired) electrons. The van der Waals surface area contributed by atoms with E-state index in [-0.39, 0.29) is 6.61 Å². The van der Waals surface area contributed by atoms with E-state index in [4.69, 9.17) is 9.84 Å². The average molecular weight is 326 g/mol. The van der Waals surface area contributed by atoms with Crippen molar-refractivity contribution >= 4 is 22.5 Å². The summed E-state index contributed by atoms with van der Waals surface area (Å²) in [5, 5.41) is 13.0. The molecule has 0 aliphatic carbocycles. The van der Waals surface area contributed by atoms with Gasteiger partial charge in [0.1, 0.15) is 23.5 Å². The first kappa shape index (κ1) is 16.3. The number of aromatic nitrogens is 3. The zero-order valence-corrected chi connectivity index (χ0v) is 13.5. The fourth-order valence-electron chi connectivity index (χ4n) is 2.50. The van der Waals surface area contributed by atoms with Crippen LogP contribution < -0.4 is 10.1 Å². The van der Waals surface area contributed by atoms with Crippen molar-refractivity contribution < 1.29 is 9.84 Å². The van der Waals surface area contributed by atoms with E-state index < -0.39 is 0 Å². The molecule has 3 aromatic rings. The predicted octanol–water partition coefficient (Wildman–Crippen LogP) is 3.63. The lowest BCUT2D eigenvalue weighted by molar-refractivity contribution is 0.273. The van der Waals surface area contributed by atoms with Gasteiger partial charge in [-0.25, -0.2) is 9.97 Å². The Bertz CT molecular complexity index is 755. The summed E-state index contributed by atoms with van der Waals surface area (Å²) in [5.41, 5.74) is 1.76. The molecular weight excluding hydrogens is 304 g/mol. The Morgan fingerprint density at radius 2 is 1.83 bits per heavy atom. The van der Waals surface area contributed by atoms with E-state index in [1.54, 1.807) is 0 Å². The highest BCUT2D eigenvalue weighted by Crippen LogP contribution is 2.23. The molecule has 2 heterocycles. The van der Waals surface area contributed by atoms with Gasteiger partial charge in [0, 0.05) is 18.5 Å². The molecule has 24 heavy (non-hydrogen) atoms. The highest BCUT2D eigenvalue weighted by atomic mass is 16.5. The lowest BCUT2D eigenvalue weighted by Gasteiger charge is -2.09. The summed E-state index contributed by atoms with van der Waals surface area (Å²) in [6.45, 7) is 0.977. The van der Waals surface area contributed by atoms with Crippen molar-refractivity contribution in [2.45, 2.75) is 25.7 Å². The number of hydrogen-bond donors (Lipinski definition) is 3.